The predicted molar refractivity (Wildman–Crippen MR) is 145 cm³/mol. The molecule has 38 heavy (non-hydrogen) atoms. The van der Waals surface area contributed by atoms with Gasteiger partial charge in [-0.3, -0.25) is 24.0 Å². The molecular formula is C28H41N5O5. The van der Waals surface area contributed by atoms with Crippen molar-refractivity contribution < 1.29 is 19.1 Å². The van der Waals surface area contributed by atoms with Crippen molar-refractivity contribution in [1.82, 2.24) is 24.3 Å². The molecule has 3 amide bonds. The van der Waals surface area contributed by atoms with Crippen LogP contribution in [0.1, 0.15) is 76.8 Å². The number of hydrogen-bond acceptors (Lipinski definition) is 6. The lowest BCUT2D eigenvalue weighted by atomic mass is 9.89. The molecule has 1 unspecified atom stereocenters. The first-order chi connectivity index (χ1) is 17.9. The zero-order valence-corrected chi connectivity index (χ0v) is 23.3. The van der Waals surface area contributed by atoms with Crippen LogP contribution in [0.5, 0.6) is 0 Å². The Kier molecular flexibility index (Phi) is 8.30. The summed E-state index contributed by atoms with van der Waals surface area (Å²) < 4.78 is 8.54. The average Bonchev–Trinajstić information content (AvgIpc) is 3.10. The van der Waals surface area contributed by atoms with Gasteiger partial charge in [0.15, 0.2) is 0 Å². The number of ether oxygens (including phenoxy) is 1. The summed E-state index contributed by atoms with van der Waals surface area (Å²) in [5.41, 5.74) is 2.04. The summed E-state index contributed by atoms with van der Waals surface area (Å²) in [7, 11) is 3.52. The second-order valence-corrected chi connectivity index (χ2v) is 11.7. The Morgan fingerprint density at radius 2 is 1.79 bits per heavy atom. The van der Waals surface area contributed by atoms with Crippen molar-refractivity contribution >= 4 is 28.9 Å². The Morgan fingerprint density at radius 3 is 2.45 bits per heavy atom. The van der Waals surface area contributed by atoms with Crippen LogP contribution in [0.15, 0.2) is 23.0 Å². The number of benzene rings is 1. The summed E-state index contributed by atoms with van der Waals surface area (Å²) in [5, 5.41) is 2.36. The largest absolute Gasteiger partial charge is 0.444 e. The van der Waals surface area contributed by atoms with Crippen LogP contribution in [0.3, 0.4) is 0 Å². The van der Waals surface area contributed by atoms with Crippen molar-refractivity contribution in [1.29, 1.82) is 0 Å². The molecule has 2 saturated heterocycles. The molecule has 3 heterocycles. The average molecular weight is 528 g/mol. The van der Waals surface area contributed by atoms with Crippen molar-refractivity contribution in [3.05, 3.63) is 34.2 Å². The number of unbranched alkanes of at least 4 members (excludes halogenated alkanes) is 1. The number of fused-ring (bicyclic) bond motifs is 1. The topological polar surface area (TPSA) is 106 Å². The molecule has 2 aliphatic heterocycles. The molecule has 4 rings (SSSR count). The molecule has 0 radical (unpaired) electrons. The van der Waals surface area contributed by atoms with Gasteiger partial charge >= 0.3 is 11.8 Å². The highest BCUT2D eigenvalue weighted by Crippen LogP contribution is 2.31. The number of carbonyl (C=O) groups is 3. The van der Waals surface area contributed by atoms with Crippen LogP contribution in [-0.4, -0.2) is 75.7 Å². The van der Waals surface area contributed by atoms with Gasteiger partial charge in [-0.15, -0.1) is 0 Å². The minimum atomic E-state index is -0.665. The standard InChI is InChI=1S/C28H41N5O5/c1-28(2,3)38-27(37)30(4)14-6-7-15-32-16-12-19(13-17-32)20-8-9-21-23(18-20)31(5)26(36)33(21)22-10-11-24(34)29-25(22)35/h8-9,18-19,22H,6-7,10-17H2,1-5H3,(H,29,34,35). The van der Waals surface area contributed by atoms with Crippen molar-refractivity contribution in [2.24, 2.45) is 7.05 Å². The van der Waals surface area contributed by atoms with Crippen LogP contribution in [0.4, 0.5) is 4.79 Å². The fourth-order valence-electron chi connectivity index (χ4n) is 5.47. The van der Waals surface area contributed by atoms with E-state index in [1.807, 2.05) is 26.8 Å². The van der Waals surface area contributed by atoms with E-state index in [4.69, 9.17) is 4.74 Å². The summed E-state index contributed by atoms with van der Waals surface area (Å²) in [6.45, 7) is 9.35. The number of piperidine rings is 2. The smallest absolute Gasteiger partial charge is 0.410 e. The summed E-state index contributed by atoms with van der Waals surface area (Å²) in [6.07, 6.45) is 4.35. The molecule has 2 aliphatic rings. The van der Waals surface area contributed by atoms with E-state index >= 15 is 0 Å². The van der Waals surface area contributed by atoms with Crippen molar-refractivity contribution in [3.63, 3.8) is 0 Å². The maximum atomic E-state index is 13.0. The first-order valence-electron chi connectivity index (χ1n) is 13.7. The van der Waals surface area contributed by atoms with E-state index in [2.05, 4.69) is 22.3 Å². The van der Waals surface area contributed by atoms with Gasteiger partial charge in [-0.05, 0) is 96.1 Å². The molecular weight excluding hydrogens is 486 g/mol. The highest BCUT2D eigenvalue weighted by Gasteiger charge is 2.31. The minimum Gasteiger partial charge on any atom is -0.444 e. The number of imide groups is 1. The minimum absolute atomic E-state index is 0.232. The number of aromatic nitrogens is 2. The molecule has 10 nitrogen and oxygen atoms in total. The fourth-order valence-corrected chi connectivity index (χ4v) is 5.47. The Morgan fingerprint density at radius 1 is 1.08 bits per heavy atom. The second-order valence-electron chi connectivity index (χ2n) is 11.7. The van der Waals surface area contributed by atoms with Crippen LogP contribution in [-0.2, 0) is 21.4 Å². The second kappa shape index (κ2) is 11.3. The molecule has 10 heteroatoms. The SMILES string of the molecule is CN(CCCCN1CCC(c2ccc3c(c2)n(C)c(=O)n3C2CCC(=O)NC2=O)CC1)C(=O)OC(C)(C)C. The van der Waals surface area contributed by atoms with Crippen LogP contribution in [0.25, 0.3) is 11.0 Å². The van der Waals surface area contributed by atoms with Crippen LogP contribution < -0.4 is 11.0 Å². The number of likely N-dealkylation sites (tertiary alicyclic amines) is 1. The number of nitrogens with one attached hydrogen (secondary N) is 1. The third kappa shape index (κ3) is 6.28. The number of imidazole rings is 1. The fraction of sp³-hybridized carbons (Fsp3) is 0.643. The van der Waals surface area contributed by atoms with E-state index in [9.17, 15) is 19.2 Å². The van der Waals surface area contributed by atoms with Gasteiger partial charge in [-0.2, -0.15) is 0 Å². The lowest BCUT2D eigenvalue weighted by molar-refractivity contribution is -0.135. The van der Waals surface area contributed by atoms with E-state index in [0.717, 1.165) is 56.4 Å². The zero-order valence-electron chi connectivity index (χ0n) is 23.3. The third-order valence-electron chi connectivity index (χ3n) is 7.62. The molecule has 2 aromatic rings. The van der Waals surface area contributed by atoms with E-state index in [1.165, 1.54) is 10.1 Å². The number of amides is 3. The number of nitrogens with zero attached hydrogens (tertiary/aromatic N) is 4. The zero-order chi connectivity index (χ0) is 27.6. The van der Waals surface area contributed by atoms with Crippen LogP contribution in [0.2, 0.25) is 0 Å². The van der Waals surface area contributed by atoms with Gasteiger partial charge < -0.3 is 14.5 Å². The van der Waals surface area contributed by atoms with Gasteiger partial charge in [0.05, 0.1) is 11.0 Å². The lowest BCUT2D eigenvalue weighted by Gasteiger charge is -2.32. The summed E-state index contributed by atoms with van der Waals surface area (Å²) in [4.78, 5) is 53.3. The van der Waals surface area contributed by atoms with Gasteiger partial charge in [-0.1, -0.05) is 6.07 Å². The monoisotopic (exact) mass is 527 g/mol. The van der Waals surface area contributed by atoms with Crippen LogP contribution >= 0.6 is 0 Å². The molecule has 1 aromatic heterocycles. The maximum Gasteiger partial charge on any atom is 0.410 e. The molecule has 0 bridgehead atoms. The summed E-state index contributed by atoms with van der Waals surface area (Å²) >= 11 is 0. The molecule has 1 aromatic carbocycles. The third-order valence-corrected chi connectivity index (χ3v) is 7.62. The van der Waals surface area contributed by atoms with E-state index in [0.29, 0.717) is 18.9 Å². The Hall–Kier alpha value is -3.14. The molecule has 0 saturated carbocycles. The molecule has 2 fully saturated rings. The summed E-state index contributed by atoms with van der Waals surface area (Å²) in [5.74, 6) is -0.284. The van der Waals surface area contributed by atoms with Crippen LogP contribution in [0, 0.1) is 0 Å². The molecule has 0 aliphatic carbocycles. The molecule has 1 N–H and O–H groups in total. The Balaban J connectivity index is 1.31. The quantitative estimate of drug-likeness (QED) is 0.438. The van der Waals surface area contributed by atoms with Gasteiger partial charge in [0.1, 0.15) is 11.6 Å². The first kappa shape index (κ1) is 27.9. The van der Waals surface area contributed by atoms with E-state index in [1.54, 1.807) is 23.6 Å². The molecule has 208 valence electrons. The normalized spacial score (nSPS) is 19.6. The highest BCUT2D eigenvalue weighted by atomic mass is 16.6. The number of hydrogen-bond donors (Lipinski definition) is 1. The van der Waals surface area contributed by atoms with Gasteiger partial charge in [-0.25, -0.2) is 9.59 Å². The Bertz CT molecular complexity index is 1250. The van der Waals surface area contributed by atoms with Gasteiger partial charge in [0.25, 0.3) is 0 Å². The number of rotatable bonds is 7. The van der Waals surface area contributed by atoms with Crippen molar-refractivity contribution in [3.8, 4) is 0 Å². The lowest BCUT2D eigenvalue weighted by Crippen LogP contribution is -2.44. The highest BCUT2D eigenvalue weighted by molar-refractivity contribution is 6.00. The van der Waals surface area contributed by atoms with Gasteiger partial charge in [0, 0.05) is 27.1 Å². The first-order valence-corrected chi connectivity index (χ1v) is 13.7. The van der Waals surface area contributed by atoms with Crippen molar-refractivity contribution in [2.45, 2.75) is 76.9 Å². The van der Waals surface area contributed by atoms with E-state index < -0.39 is 17.6 Å². The van der Waals surface area contributed by atoms with Gasteiger partial charge in [0.2, 0.25) is 11.8 Å². The van der Waals surface area contributed by atoms with E-state index in [-0.39, 0.29) is 24.1 Å². The molecule has 0 spiro atoms. The number of aryl methyl sites for hydroxylation is 1. The Labute approximate surface area is 223 Å². The summed E-state index contributed by atoms with van der Waals surface area (Å²) in [6, 6.07) is 5.45. The maximum absolute atomic E-state index is 13.0. The molecule has 1 atom stereocenters. The number of carbonyl (C=O) groups excluding carboxylic acids is 3. The van der Waals surface area contributed by atoms with Crippen molar-refractivity contribution in [2.75, 3.05) is 33.2 Å². The predicted octanol–water partition coefficient (Wildman–Crippen LogP) is 3.14.